The van der Waals surface area contributed by atoms with Gasteiger partial charge < -0.3 is 4.90 Å². The molecule has 0 atom stereocenters. The smallest absolute Gasteiger partial charge is 0.261 e. The van der Waals surface area contributed by atoms with Gasteiger partial charge in [0.1, 0.15) is 11.5 Å². The molecule has 0 aliphatic heterocycles. The molecule has 3 aromatic rings. The van der Waals surface area contributed by atoms with Crippen LogP contribution in [0.4, 0.5) is 10.1 Å². The van der Waals surface area contributed by atoms with Gasteiger partial charge in [0.05, 0.1) is 28.2 Å². The standard InChI is InChI=1S/C18H14BrClFN3O/c1-11-13(10-22-24(11)17-6-4-3-5-15(17)21)18(25)23(2)16-8-7-12(19)9-14(16)20/h3-10H,1-2H3. The number of benzene rings is 2. The van der Waals surface area contributed by atoms with Crippen molar-refractivity contribution < 1.29 is 9.18 Å². The molecule has 1 heterocycles. The van der Waals surface area contributed by atoms with Crippen molar-refractivity contribution in [1.82, 2.24) is 9.78 Å². The van der Waals surface area contributed by atoms with Gasteiger partial charge in [-0.1, -0.05) is 39.7 Å². The van der Waals surface area contributed by atoms with Crippen LogP contribution in [0.25, 0.3) is 5.69 Å². The van der Waals surface area contributed by atoms with Crippen LogP contribution in [0.2, 0.25) is 5.02 Å². The first-order chi connectivity index (χ1) is 11.9. The zero-order chi connectivity index (χ0) is 18.1. The molecule has 0 saturated heterocycles. The van der Waals surface area contributed by atoms with Crippen molar-refractivity contribution >= 4 is 39.1 Å². The minimum absolute atomic E-state index is 0.274. The average molecular weight is 423 g/mol. The Hall–Kier alpha value is -2.18. The third-order valence-electron chi connectivity index (χ3n) is 3.90. The summed E-state index contributed by atoms with van der Waals surface area (Å²) in [6, 6.07) is 11.6. The average Bonchev–Trinajstić information content (AvgIpc) is 2.95. The van der Waals surface area contributed by atoms with E-state index in [2.05, 4.69) is 21.0 Å². The Kier molecular flexibility index (Phi) is 4.92. The molecule has 0 spiro atoms. The lowest BCUT2D eigenvalue weighted by atomic mass is 10.2. The molecule has 0 fully saturated rings. The number of halogens is 3. The number of para-hydroxylation sites is 1. The summed E-state index contributed by atoms with van der Waals surface area (Å²) in [6.07, 6.45) is 1.44. The quantitative estimate of drug-likeness (QED) is 0.595. The van der Waals surface area contributed by atoms with Crippen molar-refractivity contribution in [3.05, 3.63) is 75.2 Å². The van der Waals surface area contributed by atoms with E-state index in [0.29, 0.717) is 27.7 Å². The molecular formula is C18H14BrClFN3O. The maximum Gasteiger partial charge on any atom is 0.261 e. The number of hydrogen-bond acceptors (Lipinski definition) is 2. The van der Waals surface area contributed by atoms with E-state index in [-0.39, 0.29) is 5.91 Å². The molecular weight excluding hydrogens is 409 g/mol. The van der Waals surface area contributed by atoms with Crippen LogP contribution in [0.1, 0.15) is 16.1 Å². The van der Waals surface area contributed by atoms with Gasteiger partial charge in [0.15, 0.2) is 0 Å². The van der Waals surface area contributed by atoms with E-state index in [4.69, 9.17) is 11.6 Å². The summed E-state index contributed by atoms with van der Waals surface area (Å²) in [5.74, 6) is -0.679. The Morgan fingerprint density at radius 3 is 2.68 bits per heavy atom. The molecule has 25 heavy (non-hydrogen) atoms. The number of carbonyl (C=O) groups is 1. The minimum Gasteiger partial charge on any atom is -0.310 e. The number of hydrogen-bond donors (Lipinski definition) is 0. The third-order valence-corrected chi connectivity index (χ3v) is 4.69. The van der Waals surface area contributed by atoms with Crippen LogP contribution < -0.4 is 4.90 Å². The topological polar surface area (TPSA) is 38.1 Å². The molecule has 0 aliphatic rings. The molecule has 7 heteroatoms. The molecule has 128 valence electrons. The highest BCUT2D eigenvalue weighted by Gasteiger charge is 2.22. The van der Waals surface area contributed by atoms with Crippen molar-refractivity contribution in [3.8, 4) is 5.69 Å². The van der Waals surface area contributed by atoms with Gasteiger partial charge in [-0.2, -0.15) is 5.10 Å². The lowest BCUT2D eigenvalue weighted by Gasteiger charge is -2.18. The number of nitrogens with zero attached hydrogens (tertiary/aromatic N) is 3. The monoisotopic (exact) mass is 421 g/mol. The first-order valence-electron chi connectivity index (χ1n) is 7.42. The molecule has 0 bridgehead atoms. The Morgan fingerprint density at radius 1 is 1.28 bits per heavy atom. The highest BCUT2D eigenvalue weighted by molar-refractivity contribution is 9.10. The number of amides is 1. The summed E-state index contributed by atoms with van der Waals surface area (Å²) >= 11 is 9.56. The van der Waals surface area contributed by atoms with E-state index in [1.807, 2.05) is 0 Å². The fourth-order valence-corrected chi connectivity index (χ4v) is 3.33. The number of rotatable bonds is 3. The van der Waals surface area contributed by atoms with Crippen molar-refractivity contribution in [2.45, 2.75) is 6.92 Å². The molecule has 4 nitrogen and oxygen atoms in total. The molecule has 0 saturated carbocycles. The largest absolute Gasteiger partial charge is 0.310 e. The van der Waals surface area contributed by atoms with E-state index >= 15 is 0 Å². The maximum absolute atomic E-state index is 14.0. The summed E-state index contributed by atoms with van der Waals surface area (Å²) in [5.41, 5.74) is 1.80. The molecule has 0 unspecified atom stereocenters. The second-order valence-corrected chi connectivity index (χ2v) is 6.79. The first kappa shape index (κ1) is 17.6. The van der Waals surface area contributed by atoms with Crippen LogP contribution in [-0.2, 0) is 0 Å². The fraction of sp³-hybridized carbons (Fsp3) is 0.111. The van der Waals surface area contributed by atoms with Crippen LogP contribution in [0.3, 0.4) is 0 Å². The van der Waals surface area contributed by atoms with Crippen molar-refractivity contribution in [3.63, 3.8) is 0 Å². The van der Waals surface area contributed by atoms with Crippen LogP contribution in [-0.4, -0.2) is 22.7 Å². The highest BCUT2D eigenvalue weighted by Crippen LogP contribution is 2.29. The van der Waals surface area contributed by atoms with Crippen LogP contribution >= 0.6 is 27.5 Å². The van der Waals surface area contributed by atoms with Gasteiger partial charge in [-0.3, -0.25) is 4.79 Å². The van der Waals surface area contributed by atoms with E-state index < -0.39 is 5.82 Å². The van der Waals surface area contributed by atoms with E-state index in [9.17, 15) is 9.18 Å². The fourth-order valence-electron chi connectivity index (χ4n) is 2.53. The Labute approximate surface area is 158 Å². The van der Waals surface area contributed by atoms with Crippen molar-refractivity contribution in [1.29, 1.82) is 0 Å². The summed E-state index contributed by atoms with van der Waals surface area (Å²) in [4.78, 5) is 14.3. The summed E-state index contributed by atoms with van der Waals surface area (Å²) in [6.45, 7) is 1.73. The van der Waals surface area contributed by atoms with Crippen LogP contribution in [0.15, 0.2) is 53.1 Å². The van der Waals surface area contributed by atoms with Crippen LogP contribution in [0.5, 0.6) is 0 Å². The van der Waals surface area contributed by atoms with Gasteiger partial charge in [-0.15, -0.1) is 0 Å². The Bertz CT molecular complexity index is 957. The molecule has 0 aliphatic carbocycles. The normalized spacial score (nSPS) is 10.8. The summed E-state index contributed by atoms with van der Waals surface area (Å²) in [5, 5.41) is 4.62. The lowest BCUT2D eigenvalue weighted by molar-refractivity contribution is 0.0992. The maximum atomic E-state index is 14.0. The lowest BCUT2D eigenvalue weighted by Crippen LogP contribution is -2.27. The summed E-state index contributed by atoms with van der Waals surface area (Å²) in [7, 11) is 1.64. The molecule has 2 aromatic carbocycles. The Morgan fingerprint density at radius 2 is 2.00 bits per heavy atom. The first-order valence-corrected chi connectivity index (χ1v) is 8.60. The zero-order valence-corrected chi connectivity index (χ0v) is 15.8. The van der Waals surface area contributed by atoms with Crippen LogP contribution in [0, 0.1) is 12.7 Å². The third kappa shape index (κ3) is 3.32. The van der Waals surface area contributed by atoms with Gasteiger partial charge in [0, 0.05) is 11.5 Å². The number of carbonyl (C=O) groups excluding carboxylic acids is 1. The predicted octanol–water partition coefficient (Wildman–Crippen LogP) is 5.01. The highest BCUT2D eigenvalue weighted by atomic mass is 79.9. The Balaban J connectivity index is 1.97. The minimum atomic E-state index is -0.406. The van der Waals surface area contributed by atoms with Gasteiger partial charge in [-0.25, -0.2) is 9.07 Å². The molecule has 1 amide bonds. The van der Waals surface area contributed by atoms with Gasteiger partial charge in [0.2, 0.25) is 0 Å². The second-order valence-electron chi connectivity index (χ2n) is 5.47. The molecule has 0 radical (unpaired) electrons. The number of anilines is 1. The van der Waals surface area contributed by atoms with E-state index in [1.165, 1.54) is 21.8 Å². The van der Waals surface area contributed by atoms with Gasteiger partial charge in [-0.05, 0) is 37.3 Å². The zero-order valence-electron chi connectivity index (χ0n) is 13.5. The second kappa shape index (κ2) is 6.98. The van der Waals surface area contributed by atoms with Gasteiger partial charge in [0.25, 0.3) is 5.91 Å². The SMILES string of the molecule is Cc1c(C(=O)N(C)c2ccc(Br)cc2Cl)cnn1-c1ccccc1F. The van der Waals surface area contributed by atoms with Crippen molar-refractivity contribution in [2.75, 3.05) is 11.9 Å². The predicted molar refractivity (Wildman–Crippen MR) is 100 cm³/mol. The van der Waals surface area contributed by atoms with Gasteiger partial charge >= 0.3 is 0 Å². The molecule has 1 aromatic heterocycles. The van der Waals surface area contributed by atoms with Crippen molar-refractivity contribution in [2.24, 2.45) is 0 Å². The molecule has 3 rings (SSSR count). The number of aromatic nitrogens is 2. The molecule has 0 N–H and O–H groups in total. The van der Waals surface area contributed by atoms with E-state index in [1.54, 1.807) is 50.4 Å². The summed E-state index contributed by atoms with van der Waals surface area (Å²) < 4.78 is 16.2. The van der Waals surface area contributed by atoms with E-state index in [0.717, 1.165) is 4.47 Å².